The third kappa shape index (κ3) is 3.90. The summed E-state index contributed by atoms with van der Waals surface area (Å²) in [4.78, 5) is 25.5. The van der Waals surface area contributed by atoms with Gasteiger partial charge in [-0.25, -0.2) is 0 Å². The van der Waals surface area contributed by atoms with Gasteiger partial charge < -0.3 is 11.1 Å². The Kier molecular flexibility index (Phi) is 5.49. The average molecular weight is 375 g/mol. The van der Waals surface area contributed by atoms with Crippen molar-refractivity contribution in [3.8, 4) is 0 Å². The van der Waals surface area contributed by atoms with Gasteiger partial charge >= 0.3 is 0 Å². The summed E-state index contributed by atoms with van der Waals surface area (Å²) in [7, 11) is 0. The van der Waals surface area contributed by atoms with Gasteiger partial charge in [0, 0.05) is 10.6 Å². The number of fused-ring (bicyclic) bond motifs is 1. The van der Waals surface area contributed by atoms with Crippen LogP contribution in [-0.4, -0.2) is 17.1 Å². The van der Waals surface area contributed by atoms with Crippen molar-refractivity contribution in [2.75, 3.05) is 5.32 Å². The Morgan fingerprint density at radius 3 is 2.80 bits per heavy atom. The van der Waals surface area contributed by atoms with Gasteiger partial charge in [-0.3, -0.25) is 9.59 Å². The molecule has 1 heterocycles. The summed E-state index contributed by atoms with van der Waals surface area (Å²) in [5.74, 6) is 0.251. The van der Waals surface area contributed by atoms with Crippen LogP contribution in [-0.2, 0) is 23.4 Å². The van der Waals surface area contributed by atoms with E-state index < -0.39 is 5.91 Å². The second kappa shape index (κ2) is 7.62. The van der Waals surface area contributed by atoms with E-state index in [1.54, 1.807) is 11.8 Å². The SMILES string of the molecule is Cc1ccccc1CS[C@H](C)C(=O)Nc1sc2c(c1C(N)=O)CCC2. The largest absolute Gasteiger partial charge is 0.365 e. The molecule has 1 aromatic heterocycles. The Bertz CT molecular complexity index is 814. The van der Waals surface area contributed by atoms with E-state index in [4.69, 9.17) is 5.73 Å². The van der Waals surface area contributed by atoms with E-state index in [1.807, 2.05) is 19.1 Å². The molecule has 3 rings (SSSR count). The number of carbonyl (C=O) groups is 2. The van der Waals surface area contributed by atoms with Gasteiger partial charge in [-0.15, -0.1) is 23.1 Å². The van der Waals surface area contributed by atoms with Crippen molar-refractivity contribution in [1.82, 2.24) is 0 Å². The van der Waals surface area contributed by atoms with Crippen molar-refractivity contribution in [3.05, 3.63) is 51.4 Å². The van der Waals surface area contributed by atoms with E-state index in [2.05, 4.69) is 24.4 Å². The van der Waals surface area contributed by atoms with Gasteiger partial charge in [0.05, 0.1) is 10.8 Å². The summed E-state index contributed by atoms with van der Waals surface area (Å²) in [6.45, 7) is 3.97. The van der Waals surface area contributed by atoms with Crippen LogP contribution in [0.1, 0.15) is 45.3 Å². The van der Waals surface area contributed by atoms with E-state index in [0.29, 0.717) is 10.6 Å². The van der Waals surface area contributed by atoms with Gasteiger partial charge in [0.2, 0.25) is 5.91 Å². The van der Waals surface area contributed by atoms with Gasteiger partial charge in [0.1, 0.15) is 5.00 Å². The number of anilines is 1. The molecule has 0 aliphatic heterocycles. The molecule has 0 saturated heterocycles. The van der Waals surface area contributed by atoms with Gasteiger partial charge in [0.25, 0.3) is 5.91 Å². The molecule has 0 saturated carbocycles. The van der Waals surface area contributed by atoms with E-state index in [9.17, 15) is 9.59 Å². The number of nitrogens with two attached hydrogens (primary N) is 1. The molecule has 1 atom stereocenters. The summed E-state index contributed by atoms with van der Waals surface area (Å²) >= 11 is 3.09. The maximum Gasteiger partial charge on any atom is 0.251 e. The van der Waals surface area contributed by atoms with Crippen LogP contribution in [0.3, 0.4) is 0 Å². The minimum Gasteiger partial charge on any atom is -0.365 e. The monoisotopic (exact) mass is 374 g/mol. The standard InChI is InChI=1S/C19H22N2O2S2/c1-11-6-3-4-7-13(11)10-24-12(2)18(23)21-19-16(17(20)22)14-8-5-9-15(14)25-19/h3-4,6-7,12H,5,8-10H2,1-2H3,(H2,20,22)(H,21,23)/t12-/m1/s1. The Morgan fingerprint density at radius 1 is 1.32 bits per heavy atom. The highest BCUT2D eigenvalue weighted by Crippen LogP contribution is 2.39. The topological polar surface area (TPSA) is 72.2 Å². The van der Waals surface area contributed by atoms with Crippen molar-refractivity contribution >= 4 is 39.9 Å². The highest BCUT2D eigenvalue weighted by Gasteiger charge is 2.27. The van der Waals surface area contributed by atoms with Crippen molar-refractivity contribution in [3.63, 3.8) is 0 Å². The summed E-state index contributed by atoms with van der Waals surface area (Å²) < 4.78 is 0. The molecular formula is C19H22N2O2S2. The number of thioether (sulfide) groups is 1. The molecule has 1 aromatic carbocycles. The van der Waals surface area contributed by atoms with Crippen molar-refractivity contribution in [2.24, 2.45) is 5.73 Å². The van der Waals surface area contributed by atoms with Crippen LogP contribution in [0.25, 0.3) is 0 Å². The van der Waals surface area contributed by atoms with Crippen molar-refractivity contribution < 1.29 is 9.59 Å². The zero-order valence-corrected chi connectivity index (χ0v) is 16.1. The fourth-order valence-electron chi connectivity index (χ4n) is 3.03. The van der Waals surface area contributed by atoms with E-state index >= 15 is 0 Å². The molecule has 0 radical (unpaired) electrons. The predicted molar refractivity (Wildman–Crippen MR) is 105 cm³/mol. The number of primary amides is 1. The lowest BCUT2D eigenvalue weighted by molar-refractivity contribution is -0.115. The van der Waals surface area contributed by atoms with Crippen molar-refractivity contribution in [2.45, 2.75) is 44.1 Å². The molecule has 4 nitrogen and oxygen atoms in total. The molecule has 2 amide bonds. The Labute approximate surface area is 156 Å². The van der Waals surface area contributed by atoms with Gasteiger partial charge in [-0.05, 0) is 49.8 Å². The summed E-state index contributed by atoms with van der Waals surface area (Å²) in [6.07, 6.45) is 2.89. The first-order valence-corrected chi connectivity index (χ1v) is 10.2. The average Bonchev–Trinajstić information content (AvgIpc) is 3.13. The summed E-state index contributed by atoms with van der Waals surface area (Å²) in [5, 5.41) is 3.34. The Hall–Kier alpha value is -1.79. The number of nitrogens with one attached hydrogen (secondary N) is 1. The molecule has 0 spiro atoms. The molecule has 3 N–H and O–H groups in total. The number of amides is 2. The van der Waals surface area contributed by atoms with Crippen LogP contribution in [0.4, 0.5) is 5.00 Å². The normalized spacial score (nSPS) is 14.2. The molecule has 132 valence electrons. The molecule has 0 bridgehead atoms. The Balaban J connectivity index is 1.66. The van der Waals surface area contributed by atoms with Crippen LogP contribution in [0.15, 0.2) is 24.3 Å². The smallest absolute Gasteiger partial charge is 0.251 e. The summed E-state index contributed by atoms with van der Waals surface area (Å²) in [5.41, 5.74) is 9.56. The second-order valence-electron chi connectivity index (χ2n) is 6.29. The Morgan fingerprint density at radius 2 is 2.08 bits per heavy atom. The molecular weight excluding hydrogens is 352 g/mol. The van der Waals surface area contributed by atoms with E-state index in [0.717, 1.165) is 30.6 Å². The zero-order chi connectivity index (χ0) is 18.0. The highest BCUT2D eigenvalue weighted by molar-refractivity contribution is 7.99. The van der Waals surface area contributed by atoms with E-state index in [-0.39, 0.29) is 11.2 Å². The van der Waals surface area contributed by atoms with Crippen LogP contribution >= 0.6 is 23.1 Å². The summed E-state index contributed by atoms with van der Waals surface area (Å²) in [6, 6.07) is 8.19. The van der Waals surface area contributed by atoms with Crippen LogP contribution in [0.2, 0.25) is 0 Å². The van der Waals surface area contributed by atoms with Crippen LogP contribution in [0, 0.1) is 6.92 Å². The minimum atomic E-state index is -0.449. The number of benzene rings is 1. The molecule has 0 fully saturated rings. The first kappa shape index (κ1) is 18.0. The molecule has 1 aliphatic carbocycles. The third-order valence-corrected chi connectivity index (χ3v) is 6.92. The quantitative estimate of drug-likeness (QED) is 0.805. The number of aryl methyl sites for hydroxylation is 2. The molecule has 25 heavy (non-hydrogen) atoms. The number of rotatable bonds is 6. The first-order valence-electron chi connectivity index (χ1n) is 8.38. The van der Waals surface area contributed by atoms with Crippen molar-refractivity contribution in [1.29, 1.82) is 0 Å². The number of hydrogen-bond donors (Lipinski definition) is 2. The lowest BCUT2D eigenvalue weighted by atomic mass is 10.1. The molecule has 6 heteroatoms. The fraction of sp³-hybridized carbons (Fsp3) is 0.368. The number of thiophene rings is 1. The first-order chi connectivity index (χ1) is 12.0. The number of hydrogen-bond acceptors (Lipinski definition) is 4. The number of carbonyl (C=O) groups excluding carboxylic acids is 2. The maximum absolute atomic E-state index is 12.5. The molecule has 0 unspecified atom stereocenters. The van der Waals surface area contributed by atoms with Crippen LogP contribution in [0.5, 0.6) is 0 Å². The predicted octanol–water partition coefficient (Wildman–Crippen LogP) is 3.90. The highest BCUT2D eigenvalue weighted by atomic mass is 32.2. The lowest BCUT2D eigenvalue weighted by Gasteiger charge is -2.13. The molecule has 1 aliphatic rings. The lowest BCUT2D eigenvalue weighted by Crippen LogP contribution is -2.24. The maximum atomic E-state index is 12.5. The van der Waals surface area contributed by atoms with E-state index in [1.165, 1.54) is 27.3 Å². The fourth-order valence-corrected chi connectivity index (χ4v) is 5.29. The zero-order valence-electron chi connectivity index (χ0n) is 14.4. The van der Waals surface area contributed by atoms with Gasteiger partial charge in [-0.2, -0.15) is 0 Å². The van der Waals surface area contributed by atoms with Gasteiger partial charge in [0.15, 0.2) is 0 Å². The molecule has 2 aromatic rings. The van der Waals surface area contributed by atoms with Crippen LogP contribution < -0.4 is 11.1 Å². The minimum absolute atomic E-state index is 0.0824. The van der Waals surface area contributed by atoms with Gasteiger partial charge in [-0.1, -0.05) is 24.3 Å². The second-order valence-corrected chi connectivity index (χ2v) is 8.73. The third-order valence-electron chi connectivity index (χ3n) is 4.52.